The lowest BCUT2D eigenvalue weighted by atomic mass is 10.2. The van der Waals surface area contributed by atoms with Crippen LogP contribution in [0.25, 0.3) is 21.7 Å². The van der Waals surface area contributed by atoms with Crippen molar-refractivity contribution in [1.82, 2.24) is 15.0 Å². The monoisotopic (exact) mass is 301 g/mol. The Morgan fingerprint density at radius 3 is 2.67 bits per heavy atom. The van der Waals surface area contributed by atoms with E-state index >= 15 is 0 Å². The number of fused-ring (bicyclic) bond motifs is 1. The van der Waals surface area contributed by atoms with Gasteiger partial charge in [0.15, 0.2) is 10.8 Å². The van der Waals surface area contributed by atoms with Gasteiger partial charge in [-0.1, -0.05) is 13.8 Å². The van der Waals surface area contributed by atoms with Crippen LogP contribution in [0, 0.1) is 0 Å². The average molecular weight is 301 g/mol. The van der Waals surface area contributed by atoms with E-state index in [4.69, 9.17) is 4.74 Å². The first-order chi connectivity index (χ1) is 10.1. The van der Waals surface area contributed by atoms with Gasteiger partial charge >= 0.3 is 0 Å². The Morgan fingerprint density at radius 2 is 2.00 bits per heavy atom. The standard InChI is InChI=1S/C15H15N3O2S/c1-8(2)12-7-21-15(17-12)13-16-11-6-9(20-3)4-5-10(11)14(19)18-13/h4-8H,1-3H3,(H,16,18,19). The summed E-state index contributed by atoms with van der Waals surface area (Å²) in [4.78, 5) is 13.2. The van der Waals surface area contributed by atoms with Crippen LogP contribution in [-0.2, 0) is 0 Å². The molecule has 0 aliphatic heterocycles. The first-order valence-electron chi connectivity index (χ1n) is 6.59. The normalized spacial score (nSPS) is 11.2. The SMILES string of the molecule is COc1ccc2c(O)nc(-c3nc(C(C)C)cs3)nc2c1. The van der Waals surface area contributed by atoms with Gasteiger partial charge in [0.1, 0.15) is 5.75 Å². The number of hydrogen-bond acceptors (Lipinski definition) is 6. The van der Waals surface area contributed by atoms with Crippen molar-refractivity contribution in [2.24, 2.45) is 0 Å². The third kappa shape index (κ3) is 2.54. The van der Waals surface area contributed by atoms with Gasteiger partial charge in [0.25, 0.3) is 0 Å². The molecule has 0 fully saturated rings. The van der Waals surface area contributed by atoms with Crippen molar-refractivity contribution in [2.45, 2.75) is 19.8 Å². The molecular weight excluding hydrogens is 286 g/mol. The van der Waals surface area contributed by atoms with E-state index in [1.807, 2.05) is 5.38 Å². The minimum Gasteiger partial charge on any atom is -0.497 e. The van der Waals surface area contributed by atoms with E-state index in [1.54, 1.807) is 25.3 Å². The molecule has 3 aromatic rings. The molecule has 0 saturated carbocycles. The van der Waals surface area contributed by atoms with Gasteiger partial charge in [-0.3, -0.25) is 0 Å². The molecule has 1 N–H and O–H groups in total. The summed E-state index contributed by atoms with van der Waals surface area (Å²) < 4.78 is 5.19. The highest BCUT2D eigenvalue weighted by Gasteiger charge is 2.13. The van der Waals surface area contributed by atoms with Gasteiger partial charge in [-0.2, -0.15) is 4.98 Å². The first kappa shape index (κ1) is 13.8. The second kappa shape index (κ2) is 5.29. The molecule has 0 unspecified atom stereocenters. The fourth-order valence-electron chi connectivity index (χ4n) is 1.97. The van der Waals surface area contributed by atoms with E-state index in [0.29, 0.717) is 33.4 Å². The van der Waals surface area contributed by atoms with Gasteiger partial charge in [0.05, 0.1) is 23.7 Å². The highest BCUT2D eigenvalue weighted by Crippen LogP contribution is 2.30. The lowest BCUT2D eigenvalue weighted by molar-refractivity contribution is 0.415. The van der Waals surface area contributed by atoms with Crippen LogP contribution < -0.4 is 4.74 Å². The average Bonchev–Trinajstić information content (AvgIpc) is 2.96. The molecule has 3 rings (SSSR count). The predicted molar refractivity (Wildman–Crippen MR) is 83.0 cm³/mol. The molecule has 0 atom stereocenters. The summed E-state index contributed by atoms with van der Waals surface area (Å²) in [6.45, 7) is 4.17. The zero-order valence-corrected chi connectivity index (χ0v) is 12.8. The number of thiazole rings is 1. The summed E-state index contributed by atoms with van der Waals surface area (Å²) in [5, 5.41) is 13.4. The van der Waals surface area contributed by atoms with Crippen molar-refractivity contribution in [3.8, 4) is 22.5 Å². The molecule has 108 valence electrons. The molecule has 0 aliphatic carbocycles. The van der Waals surface area contributed by atoms with Gasteiger partial charge in [-0.15, -0.1) is 11.3 Å². The zero-order valence-electron chi connectivity index (χ0n) is 12.0. The van der Waals surface area contributed by atoms with Crippen LogP contribution in [0.2, 0.25) is 0 Å². The topological polar surface area (TPSA) is 68.1 Å². The Hall–Kier alpha value is -2.21. The molecule has 2 heterocycles. The molecule has 6 heteroatoms. The second-order valence-electron chi connectivity index (χ2n) is 4.99. The molecule has 21 heavy (non-hydrogen) atoms. The van der Waals surface area contributed by atoms with E-state index in [2.05, 4.69) is 28.8 Å². The fourth-order valence-corrected chi connectivity index (χ4v) is 2.88. The molecule has 0 saturated heterocycles. The number of ether oxygens (including phenoxy) is 1. The van der Waals surface area contributed by atoms with Crippen LogP contribution in [0.1, 0.15) is 25.5 Å². The van der Waals surface area contributed by atoms with Gasteiger partial charge < -0.3 is 9.84 Å². The predicted octanol–water partition coefficient (Wildman–Crippen LogP) is 3.59. The maximum atomic E-state index is 10.1. The fraction of sp³-hybridized carbons (Fsp3) is 0.267. The van der Waals surface area contributed by atoms with Crippen LogP contribution in [0.3, 0.4) is 0 Å². The maximum Gasteiger partial charge on any atom is 0.222 e. The number of aromatic hydroxyl groups is 1. The first-order valence-corrected chi connectivity index (χ1v) is 7.47. The lowest BCUT2D eigenvalue weighted by Crippen LogP contribution is -1.93. The summed E-state index contributed by atoms with van der Waals surface area (Å²) >= 11 is 1.48. The minimum absolute atomic E-state index is 0.0426. The van der Waals surface area contributed by atoms with Gasteiger partial charge in [-0.25, -0.2) is 9.97 Å². The van der Waals surface area contributed by atoms with Crippen LogP contribution >= 0.6 is 11.3 Å². The largest absolute Gasteiger partial charge is 0.497 e. The smallest absolute Gasteiger partial charge is 0.222 e. The summed E-state index contributed by atoms with van der Waals surface area (Å²) in [6, 6.07) is 5.29. The molecule has 5 nitrogen and oxygen atoms in total. The van der Waals surface area contributed by atoms with E-state index < -0.39 is 0 Å². The Labute approximate surface area is 126 Å². The Bertz CT molecular complexity index is 799. The maximum absolute atomic E-state index is 10.1. The van der Waals surface area contributed by atoms with Crippen molar-refractivity contribution in [3.05, 3.63) is 29.3 Å². The third-order valence-corrected chi connectivity index (χ3v) is 4.05. The van der Waals surface area contributed by atoms with Crippen molar-refractivity contribution in [1.29, 1.82) is 0 Å². The number of hydrogen-bond donors (Lipinski definition) is 1. The van der Waals surface area contributed by atoms with Crippen molar-refractivity contribution in [2.75, 3.05) is 7.11 Å². The third-order valence-electron chi connectivity index (χ3n) is 3.19. The summed E-state index contributed by atoms with van der Waals surface area (Å²) in [6.07, 6.45) is 0. The van der Waals surface area contributed by atoms with Crippen LogP contribution in [0.4, 0.5) is 0 Å². The molecule has 1 aromatic carbocycles. The van der Waals surface area contributed by atoms with Gasteiger partial charge in [0.2, 0.25) is 5.88 Å². The van der Waals surface area contributed by atoms with E-state index in [9.17, 15) is 5.11 Å². The number of nitrogens with zero attached hydrogens (tertiary/aromatic N) is 3. The van der Waals surface area contributed by atoms with Gasteiger partial charge in [0, 0.05) is 11.4 Å². The van der Waals surface area contributed by atoms with Crippen molar-refractivity contribution >= 4 is 22.2 Å². The Balaban J connectivity index is 2.13. The summed E-state index contributed by atoms with van der Waals surface area (Å²) in [5.74, 6) is 1.43. The molecule has 0 bridgehead atoms. The lowest BCUT2D eigenvalue weighted by Gasteiger charge is -2.05. The quantitative estimate of drug-likeness (QED) is 0.800. The number of rotatable bonds is 3. The van der Waals surface area contributed by atoms with Crippen molar-refractivity contribution in [3.63, 3.8) is 0 Å². The van der Waals surface area contributed by atoms with Crippen LogP contribution in [0.5, 0.6) is 11.6 Å². The van der Waals surface area contributed by atoms with E-state index in [0.717, 1.165) is 5.69 Å². The highest BCUT2D eigenvalue weighted by atomic mass is 32.1. The van der Waals surface area contributed by atoms with Crippen LogP contribution in [0.15, 0.2) is 23.6 Å². The molecule has 0 amide bonds. The van der Waals surface area contributed by atoms with Crippen molar-refractivity contribution < 1.29 is 9.84 Å². The number of aromatic nitrogens is 3. The second-order valence-corrected chi connectivity index (χ2v) is 5.84. The molecular formula is C15H15N3O2S. The Morgan fingerprint density at radius 1 is 1.19 bits per heavy atom. The van der Waals surface area contributed by atoms with Gasteiger partial charge in [-0.05, 0) is 18.1 Å². The Kier molecular flexibility index (Phi) is 3.47. The van der Waals surface area contributed by atoms with E-state index in [-0.39, 0.29) is 5.88 Å². The molecule has 0 spiro atoms. The van der Waals surface area contributed by atoms with E-state index in [1.165, 1.54) is 11.3 Å². The number of benzene rings is 1. The highest BCUT2D eigenvalue weighted by molar-refractivity contribution is 7.13. The molecule has 2 aromatic heterocycles. The van der Waals surface area contributed by atoms with Crippen LogP contribution in [-0.4, -0.2) is 27.2 Å². The molecule has 0 radical (unpaired) electrons. The minimum atomic E-state index is -0.0426. The summed E-state index contributed by atoms with van der Waals surface area (Å²) in [5.41, 5.74) is 1.64. The number of methoxy groups -OCH3 is 1. The molecule has 0 aliphatic rings. The summed E-state index contributed by atoms with van der Waals surface area (Å²) in [7, 11) is 1.60. The zero-order chi connectivity index (χ0) is 15.0.